The maximum absolute atomic E-state index is 13.8. The van der Waals surface area contributed by atoms with Crippen molar-refractivity contribution < 1.29 is 19.1 Å². The Morgan fingerprint density at radius 3 is 2.52 bits per heavy atom. The number of nitrogens with zero attached hydrogens (tertiary/aromatic N) is 2. The van der Waals surface area contributed by atoms with E-state index in [1.165, 1.54) is 11.8 Å². The van der Waals surface area contributed by atoms with Crippen molar-refractivity contribution in [3.63, 3.8) is 0 Å². The molecule has 2 heterocycles. The number of hydrogen-bond acceptors (Lipinski definition) is 7. The van der Waals surface area contributed by atoms with E-state index in [0.717, 1.165) is 31.2 Å². The summed E-state index contributed by atoms with van der Waals surface area (Å²) in [4.78, 5) is 44.9. The SMILES string of the molecule is CCC(Sc1nc2ccccc2c(=O)n1CC1CCC(C(=O)NCc2ccccc2)CC1)C(=O)Nc1ccc2c(c1)OCO2. The molecule has 1 unspecified atom stereocenters. The van der Waals surface area contributed by atoms with Gasteiger partial charge in [0.15, 0.2) is 16.7 Å². The minimum absolute atomic E-state index is 0.0281. The third-order valence-electron chi connectivity index (χ3n) is 8.35. The first-order chi connectivity index (χ1) is 21.5. The van der Waals surface area contributed by atoms with Crippen LogP contribution in [0.4, 0.5) is 5.69 Å². The topological polar surface area (TPSA) is 112 Å². The third kappa shape index (κ3) is 6.75. The number of carbonyl (C=O) groups excluding carboxylic acids is 2. The lowest BCUT2D eigenvalue weighted by atomic mass is 9.81. The van der Waals surface area contributed by atoms with Gasteiger partial charge in [-0.15, -0.1) is 0 Å². The number of para-hydroxylation sites is 1. The largest absolute Gasteiger partial charge is 0.454 e. The lowest BCUT2D eigenvalue weighted by molar-refractivity contribution is -0.126. The summed E-state index contributed by atoms with van der Waals surface area (Å²) in [6.45, 7) is 3.13. The van der Waals surface area contributed by atoms with Crippen LogP contribution >= 0.6 is 11.8 Å². The Morgan fingerprint density at radius 1 is 0.977 bits per heavy atom. The van der Waals surface area contributed by atoms with E-state index < -0.39 is 5.25 Å². The predicted octanol–water partition coefficient (Wildman–Crippen LogP) is 5.76. The summed E-state index contributed by atoms with van der Waals surface area (Å²) in [7, 11) is 0. The monoisotopic (exact) mass is 612 g/mol. The molecule has 4 aromatic rings. The summed E-state index contributed by atoms with van der Waals surface area (Å²) in [6.07, 6.45) is 3.79. The third-order valence-corrected chi connectivity index (χ3v) is 9.70. The molecule has 0 bridgehead atoms. The van der Waals surface area contributed by atoms with Crippen LogP contribution in [0.3, 0.4) is 0 Å². The number of thioether (sulfide) groups is 1. The Hall–Kier alpha value is -4.31. The Bertz CT molecular complexity index is 1700. The smallest absolute Gasteiger partial charge is 0.262 e. The Balaban J connectivity index is 1.14. The molecular formula is C34H36N4O5S. The van der Waals surface area contributed by atoms with Crippen LogP contribution in [0.1, 0.15) is 44.6 Å². The maximum atomic E-state index is 13.8. The molecule has 1 saturated carbocycles. The Morgan fingerprint density at radius 2 is 1.73 bits per heavy atom. The van der Waals surface area contributed by atoms with E-state index in [0.29, 0.717) is 52.8 Å². The number of hydrogen-bond donors (Lipinski definition) is 2. The molecule has 1 atom stereocenters. The van der Waals surface area contributed by atoms with E-state index in [-0.39, 0.29) is 36.0 Å². The van der Waals surface area contributed by atoms with Crippen molar-refractivity contribution in [3.8, 4) is 11.5 Å². The van der Waals surface area contributed by atoms with Crippen LogP contribution in [0.25, 0.3) is 10.9 Å². The fourth-order valence-corrected chi connectivity index (χ4v) is 6.86. The average Bonchev–Trinajstić information content (AvgIpc) is 3.53. The molecule has 9 nitrogen and oxygen atoms in total. The molecule has 10 heteroatoms. The normalized spacial score (nSPS) is 18.1. The van der Waals surface area contributed by atoms with Gasteiger partial charge in [0.1, 0.15) is 0 Å². The minimum atomic E-state index is -0.469. The summed E-state index contributed by atoms with van der Waals surface area (Å²) in [5.74, 6) is 1.36. The lowest BCUT2D eigenvalue weighted by Gasteiger charge is -2.29. The molecule has 2 aliphatic rings. The lowest BCUT2D eigenvalue weighted by Crippen LogP contribution is -2.35. The van der Waals surface area contributed by atoms with Crippen molar-refractivity contribution >= 4 is 40.2 Å². The highest BCUT2D eigenvalue weighted by Crippen LogP contribution is 2.35. The van der Waals surface area contributed by atoms with Gasteiger partial charge in [-0.25, -0.2) is 4.98 Å². The fourth-order valence-electron chi connectivity index (χ4n) is 5.84. The number of ether oxygens (including phenoxy) is 2. The number of fused-ring (bicyclic) bond motifs is 2. The molecule has 0 radical (unpaired) electrons. The van der Waals surface area contributed by atoms with Gasteiger partial charge in [0.05, 0.1) is 16.2 Å². The molecule has 3 aromatic carbocycles. The molecule has 1 aromatic heterocycles. The van der Waals surface area contributed by atoms with Gasteiger partial charge in [0, 0.05) is 30.8 Å². The molecule has 1 aliphatic heterocycles. The van der Waals surface area contributed by atoms with Crippen LogP contribution in [0.15, 0.2) is 82.7 Å². The fraction of sp³-hybridized carbons (Fsp3) is 0.353. The van der Waals surface area contributed by atoms with E-state index >= 15 is 0 Å². The molecule has 228 valence electrons. The zero-order valence-corrected chi connectivity index (χ0v) is 25.5. The molecule has 0 saturated heterocycles. The zero-order valence-electron chi connectivity index (χ0n) is 24.7. The van der Waals surface area contributed by atoms with Crippen LogP contribution in [-0.4, -0.2) is 33.4 Å². The molecular weight excluding hydrogens is 576 g/mol. The highest BCUT2D eigenvalue weighted by atomic mass is 32.2. The highest BCUT2D eigenvalue weighted by Gasteiger charge is 2.29. The van der Waals surface area contributed by atoms with Gasteiger partial charge in [-0.2, -0.15) is 0 Å². The van der Waals surface area contributed by atoms with Gasteiger partial charge >= 0.3 is 0 Å². The van der Waals surface area contributed by atoms with Crippen LogP contribution in [-0.2, 0) is 22.7 Å². The van der Waals surface area contributed by atoms with Gasteiger partial charge in [-0.05, 0) is 67.9 Å². The number of rotatable bonds is 10. The Labute approximate surface area is 260 Å². The maximum Gasteiger partial charge on any atom is 0.262 e. The van der Waals surface area contributed by atoms with Crippen molar-refractivity contribution in [3.05, 3.63) is 88.7 Å². The average molecular weight is 613 g/mol. The number of anilines is 1. The van der Waals surface area contributed by atoms with Crippen molar-refractivity contribution in [2.24, 2.45) is 11.8 Å². The molecule has 1 fully saturated rings. The van der Waals surface area contributed by atoms with E-state index in [9.17, 15) is 14.4 Å². The van der Waals surface area contributed by atoms with E-state index in [2.05, 4.69) is 10.6 Å². The number of aromatic nitrogens is 2. The first kappa shape index (κ1) is 29.7. The molecule has 2 N–H and O–H groups in total. The van der Waals surface area contributed by atoms with Gasteiger partial charge in [0.25, 0.3) is 5.56 Å². The summed E-state index contributed by atoms with van der Waals surface area (Å²) >= 11 is 1.32. The van der Waals surface area contributed by atoms with E-state index in [4.69, 9.17) is 14.5 Å². The summed E-state index contributed by atoms with van der Waals surface area (Å²) in [5, 5.41) is 6.69. The van der Waals surface area contributed by atoms with Crippen molar-refractivity contribution in [2.45, 2.75) is 62.5 Å². The van der Waals surface area contributed by atoms with Gasteiger partial charge in [-0.1, -0.05) is 61.2 Å². The standard InChI is InChI=1S/C34H36N4O5S/c1-2-30(32(40)36-25-16-17-28-29(18-25)43-21-42-28)44-34-37-27-11-7-6-10-26(27)33(41)38(34)20-23-12-14-24(15-13-23)31(39)35-19-22-8-4-3-5-9-22/h3-11,16-18,23-24,30H,2,12-15,19-21H2,1H3,(H,35,39)(H,36,40). The molecule has 44 heavy (non-hydrogen) atoms. The van der Waals surface area contributed by atoms with Crippen LogP contribution in [0, 0.1) is 11.8 Å². The molecule has 1 aliphatic carbocycles. The first-order valence-corrected chi connectivity index (χ1v) is 16.0. The number of benzene rings is 3. The van der Waals surface area contributed by atoms with Crippen LogP contribution in [0.5, 0.6) is 11.5 Å². The second kappa shape index (κ2) is 13.5. The summed E-state index contributed by atoms with van der Waals surface area (Å²) < 4.78 is 12.6. The highest BCUT2D eigenvalue weighted by molar-refractivity contribution is 8.00. The van der Waals surface area contributed by atoms with E-state index in [1.54, 1.807) is 28.8 Å². The van der Waals surface area contributed by atoms with Crippen LogP contribution in [0.2, 0.25) is 0 Å². The molecule has 0 spiro atoms. The van der Waals surface area contributed by atoms with E-state index in [1.807, 2.05) is 55.5 Å². The first-order valence-electron chi connectivity index (χ1n) is 15.2. The molecule has 2 amide bonds. The summed E-state index contributed by atoms with van der Waals surface area (Å²) in [5.41, 5.74) is 2.21. The minimum Gasteiger partial charge on any atom is -0.454 e. The van der Waals surface area contributed by atoms with Gasteiger partial charge in [0.2, 0.25) is 18.6 Å². The second-order valence-electron chi connectivity index (χ2n) is 11.3. The quantitative estimate of drug-likeness (QED) is 0.173. The van der Waals surface area contributed by atoms with Crippen LogP contribution < -0.4 is 25.7 Å². The van der Waals surface area contributed by atoms with Gasteiger partial charge < -0.3 is 20.1 Å². The van der Waals surface area contributed by atoms with Crippen molar-refractivity contribution in [1.82, 2.24) is 14.9 Å². The number of nitrogens with one attached hydrogen (secondary N) is 2. The number of carbonyl (C=O) groups is 2. The molecule has 6 rings (SSSR count). The Kier molecular flexibility index (Phi) is 9.16. The zero-order chi connectivity index (χ0) is 30.5. The second-order valence-corrected chi connectivity index (χ2v) is 12.5. The number of amides is 2. The van der Waals surface area contributed by atoms with Crippen molar-refractivity contribution in [2.75, 3.05) is 12.1 Å². The predicted molar refractivity (Wildman–Crippen MR) is 171 cm³/mol. The van der Waals surface area contributed by atoms with Crippen molar-refractivity contribution in [1.29, 1.82) is 0 Å². The van der Waals surface area contributed by atoms with Gasteiger partial charge in [-0.3, -0.25) is 19.0 Å². The summed E-state index contributed by atoms with van der Waals surface area (Å²) in [6, 6.07) is 22.6.